The molecule has 24 heavy (non-hydrogen) atoms. The Labute approximate surface area is 138 Å². The van der Waals surface area contributed by atoms with E-state index in [1.54, 1.807) is 13.0 Å². The lowest BCUT2D eigenvalue weighted by Gasteiger charge is -2.02. The molecule has 6 heteroatoms. The van der Waals surface area contributed by atoms with Gasteiger partial charge in [-0.25, -0.2) is 4.98 Å². The van der Waals surface area contributed by atoms with E-state index in [1.807, 2.05) is 31.2 Å². The zero-order valence-electron chi connectivity index (χ0n) is 13.4. The van der Waals surface area contributed by atoms with Gasteiger partial charge in [-0.15, -0.1) is 0 Å². The van der Waals surface area contributed by atoms with Gasteiger partial charge in [0, 0.05) is 11.3 Å². The Morgan fingerprint density at radius 3 is 2.62 bits per heavy atom. The monoisotopic (exact) mass is 323 g/mol. The fourth-order valence-corrected chi connectivity index (χ4v) is 2.23. The zero-order chi connectivity index (χ0) is 17.1. The van der Waals surface area contributed by atoms with E-state index < -0.39 is 11.5 Å². The van der Waals surface area contributed by atoms with E-state index in [-0.39, 0.29) is 12.1 Å². The molecule has 0 saturated carbocycles. The molecule has 6 nitrogen and oxygen atoms in total. The van der Waals surface area contributed by atoms with E-state index >= 15 is 0 Å². The zero-order valence-corrected chi connectivity index (χ0v) is 13.4. The van der Waals surface area contributed by atoms with Crippen LogP contribution in [0.2, 0.25) is 0 Å². The second kappa shape index (κ2) is 6.54. The predicted molar refractivity (Wildman–Crippen MR) is 89.6 cm³/mol. The predicted octanol–water partition coefficient (Wildman–Crippen LogP) is 2.58. The van der Waals surface area contributed by atoms with Gasteiger partial charge in [0.1, 0.15) is 11.8 Å². The van der Waals surface area contributed by atoms with Crippen LogP contribution in [0.15, 0.2) is 51.9 Å². The molecule has 3 rings (SSSR count). The molecule has 122 valence electrons. The molecule has 2 aromatic heterocycles. The lowest BCUT2D eigenvalue weighted by molar-refractivity contribution is 0.0949. The highest BCUT2D eigenvalue weighted by molar-refractivity contribution is 5.93. The number of pyridine rings is 1. The minimum atomic E-state index is -0.448. The standard InChI is InChI=1S/C18H17N3O3/c1-11-3-6-13(7-4-11)18-21-14(10-24-18)9-19-16(22)15-8-5-12(2)20-17(15)23/h3-8,10H,9H2,1-2H3,(H,19,22)(H,20,23). The Hall–Kier alpha value is -3.15. The minimum Gasteiger partial charge on any atom is -0.444 e. The topological polar surface area (TPSA) is 88.0 Å². The minimum absolute atomic E-state index is 0.0721. The first-order valence-corrected chi connectivity index (χ1v) is 7.52. The summed E-state index contributed by atoms with van der Waals surface area (Å²) in [5, 5.41) is 2.67. The van der Waals surface area contributed by atoms with E-state index in [9.17, 15) is 9.59 Å². The molecule has 2 heterocycles. The maximum absolute atomic E-state index is 12.1. The average Bonchev–Trinajstić information content (AvgIpc) is 3.02. The number of aromatic amines is 1. The first-order valence-electron chi connectivity index (χ1n) is 7.52. The van der Waals surface area contributed by atoms with E-state index in [4.69, 9.17) is 4.42 Å². The second-order valence-electron chi connectivity index (χ2n) is 5.58. The molecule has 0 atom stereocenters. The maximum atomic E-state index is 12.1. The normalized spacial score (nSPS) is 10.6. The van der Waals surface area contributed by atoms with Crippen molar-refractivity contribution in [2.45, 2.75) is 20.4 Å². The summed E-state index contributed by atoms with van der Waals surface area (Å²) in [5.41, 5.74) is 2.98. The number of aryl methyl sites for hydroxylation is 2. The summed E-state index contributed by atoms with van der Waals surface area (Å²) >= 11 is 0. The van der Waals surface area contributed by atoms with Crippen LogP contribution in [0.5, 0.6) is 0 Å². The molecule has 0 aliphatic carbocycles. The largest absolute Gasteiger partial charge is 0.444 e. The maximum Gasteiger partial charge on any atom is 0.260 e. The summed E-state index contributed by atoms with van der Waals surface area (Å²) in [7, 11) is 0. The Kier molecular flexibility index (Phi) is 4.29. The van der Waals surface area contributed by atoms with Crippen LogP contribution in [0, 0.1) is 13.8 Å². The van der Waals surface area contributed by atoms with Crippen molar-refractivity contribution < 1.29 is 9.21 Å². The molecular formula is C18H17N3O3. The Bertz CT molecular complexity index is 923. The van der Waals surface area contributed by atoms with Gasteiger partial charge in [-0.1, -0.05) is 17.7 Å². The van der Waals surface area contributed by atoms with Crippen LogP contribution < -0.4 is 10.9 Å². The van der Waals surface area contributed by atoms with Gasteiger partial charge in [0.2, 0.25) is 5.89 Å². The number of amides is 1. The Morgan fingerprint density at radius 1 is 1.17 bits per heavy atom. The molecule has 0 aliphatic rings. The molecule has 0 saturated heterocycles. The van der Waals surface area contributed by atoms with Crippen LogP contribution in [-0.4, -0.2) is 15.9 Å². The van der Waals surface area contributed by atoms with Gasteiger partial charge >= 0.3 is 0 Å². The molecule has 1 amide bonds. The van der Waals surface area contributed by atoms with Gasteiger partial charge in [-0.2, -0.15) is 0 Å². The summed E-state index contributed by atoms with van der Waals surface area (Å²) in [4.78, 5) is 30.8. The van der Waals surface area contributed by atoms with Crippen LogP contribution in [0.4, 0.5) is 0 Å². The lowest BCUT2D eigenvalue weighted by Crippen LogP contribution is -2.29. The summed E-state index contributed by atoms with van der Waals surface area (Å²) in [6.07, 6.45) is 1.49. The number of hydrogen-bond donors (Lipinski definition) is 2. The number of rotatable bonds is 4. The van der Waals surface area contributed by atoms with Crippen LogP contribution in [0.1, 0.15) is 27.3 Å². The summed E-state index contributed by atoms with van der Waals surface area (Å²) in [5.74, 6) is 0.0450. The quantitative estimate of drug-likeness (QED) is 0.772. The van der Waals surface area contributed by atoms with Gasteiger partial charge in [0.05, 0.1) is 12.2 Å². The molecule has 0 aliphatic heterocycles. The van der Waals surface area contributed by atoms with E-state index in [1.165, 1.54) is 12.3 Å². The smallest absolute Gasteiger partial charge is 0.260 e. The molecular weight excluding hydrogens is 306 g/mol. The van der Waals surface area contributed by atoms with Crippen LogP contribution in [0.3, 0.4) is 0 Å². The number of H-pyrrole nitrogens is 1. The highest BCUT2D eigenvalue weighted by Gasteiger charge is 2.12. The van der Waals surface area contributed by atoms with Crippen molar-refractivity contribution >= 4 is 5.91 Å². The molecule has 3 aromatic rings. The number of nitrogens with zero attached hydrogens (tertiary/aromatic N) is 1. The van der Waals surface area contributed by atoms with Crippen molar-refractivity contribution in [1.29, 1.82) is 0 Å². The van der Waals surface area contributed by atoms with Gasteiger partial charge in [0.15, 0.2) is 0 Å². The number of hydrogen-bond acceptors (Lipinski definition) is 4. The lowest BCUT2D eigenvalue weighted by atomic mass is 10.1. The first-order chi connectivity index (χ1) is 11.5. The van der Waals surface area contributed by atoms with Crippen LogP contribution >= 0.6 is 0 Å². The third kappa shape index (κ3) is 3.43. The van der Waals surface area contributed by atoms with Crippen molar-refractivity contribution in [3.8, 4) is 11.5 Å². The molecule has 0 unspecified atom stereocenters. The highest BCUT2D eigenvalue weighted by atomic mass is 16.3. The molecule has 2 N–H and O–H groups in total. The van der Waals surface area contributed by atoms with Crippen molar-refractivity contribution in [2.24, 2.45) is 0 Å². The molecule has 0 spiro atoms. The molecule has 0 fully saturated rings. The number of oxazole rings is 1. The number of carbonyl (C=O) groups is 1. The summed E-state index contributed by atoms with van der Waals surface area (Å²) < 4.78 is 5.44. The van der Waals surface area contributed by atoms with Gasteiger partial charge in [0.25, 0.3) is 11.5 Å². The highest BCUT2D eigenvalue weighted by Crippen LogP contribution is 2.19. The fraction of sp³-hybridized carbons (Fsp3) is 0.167. The van der Waals surface area contributed by atoms with Gasteiger partial charge in [-0.3, -0.25) is 9.59 Å². The van der Waals surface area contributed by atoms with Crippen molar-refractivity contribution in [3.05, 3.63) is 75.5 Å². The SMILES string of the molecule is Cc1ccc(-c2nc(CNC(=O)c3ccc(C)[nH]c3=O)co2)cc1. The third-order valence-corrected chi connectivity index (χ3v) is 3.58. The number of nitrogens with one attached hydrogen (secondary N) is 2. The summed E-state index contributed by atoms with van der Waals surface area (Å²) in [6.45, 7) is 3.94. The first kappa shape index (κ1) is 15.7. The second-order valence-corrected chi connectivity index (χ2v) is 5.58. The molecule has 1 aromatic carbocycles. The average molecular weight is 323 g/mol. The number of carbonyl (C=O) groups excluding carboxylic acids is 1. The molecule has 0 bridgehead atoms. The van der Waals surface area contributed by atoms with Gasteiger partial charge < -0.3 is 14.7 Å². The van der Waals surface area contributed by atoms with E-state index in [0.717, 1.165) is 11.1 Å². The Morgan fingerprint density at radius 2 is 1.92 bits per heavy atom. The van der Waals surface area contributed by atoms with Crippen LogP contribution in [-0.2, 0) is 6.54 Å². The van der Waals surface area contributed by atoms with Crippen molar-refractivity contribution in [1.82, 2.24) is 15.3 Å². The van der Waals surface area contributed by atoms with Gasteiger partial charge in [-0.05, 0) is 38.1 Å². The number of benzene rings is 1. The Balaban J connectivity index is 1.68. The summed E-state index contributed by atoms with van der Waals surface area (Å²) in [6, 6.07) is 11.0. The number of aromatic nitrogens is 2. The fourth-order valence-electron chi connectivity index (χ4n) is 2.23. The third-order valence-electron chi connectivity index (χ3n) is 3.58. The molecule has 0 radical (unpaired) electrons. The van der Waals surface area contributed by atoms with Crippen LogP contribution in [0.25, 0.3) is 11.5 Å². The van der Waals surface area contributed by atoms with Crippen molar-refractivity contribution in [3.63, 3.8) is 0 Å². The van der Waals surface area contributed by atoms with E-state index in [0.29, 0.717) is 17.3 Å². The van der Waals surface area contributed by atoms with Crippen molar-refractivity contribution in [2.75, 3.05) is 0 Å². The van der Waals surface area contributed by atoms with E-state index in [2.05, 4.69) is 15.3 Å².